The number of fused-ring (bicyclic) bond motifs is 1. The molecule has 1 aromatic rings. The van der Waals surface area contributed by atoms with Crippen molar-refractivity contribution in [3.63, 3.8) is 0 Å². The Morgan fingerprint density at radius 1 is 1.30 bits per heavy atom. The predicted molar refractivity (Wildman–Crippen MR) is 91.0 cm³/mol. The number of carbonyl (C=O) groups excluding carboxylic acids is 1. The van der Waals surface area contributed by atoms with Crippen LogP contribution in [0.4, 0.5) is 11.4 Å². The summed E-state index contributed by atoms with van der Waals surface area (Å²) in [4.78, 5) is 16.8. The van der Waals surface area contributed by atoms with E-state index in [2.05, 4.69) is 24.9 Å². The van der Waals surface area contributed by atoms with Gasteiger partial charge in [-0.05, 0) is 30.9 Å². The van der Waals surface area contributed by atoms with Gasteiger partial charge in [-0.15, -0.1) is 0 Å². The van der Waals surface area contributed by atoms with E-state index in [4.69, 9.17) is 9.47 Å². The molecular weight excluding hydrogens is 292 g/mol. The third-order valence-corrected chi connectivity index (χ3v) is 4.52. The summed E-state index contributed by atoms with van der Waals surface area (Å²) in [5, 5.41) is 0. The maximum Gasteiger partial charge on any atom is 0.253 e. The van der Waals surface area contributed by atoms with E-state index in [9.17, 15) is 4.79 Å². The summed E-state index contributed by atoms with van der Waals surface area (Å²) >= 11 is 0. The number of benzene rings is 1. The molecule has 0 bridgehead atoms. The molecule has 0 N–H and O–H groups in total. The number of anilines is 2. The van der Waals surface area contributed by atoms with Gasteiger partial charge in [0.15, 0.2) is 0 Å². The lowest BCUT2D eigenvalue weighted by atomic mass is 10.1. The molecule has 1 aromatic carbocycles. The number of ether oxygens (including phenoxy) is 2. The lowest BCUT2D eigenvalue weighted by molar-refractivity contribution is -0.124. The Morgan fingerprint density at radius 3 is 2.83 bits per heavy atom. The predicted octanol–water partition coefficient (Wildman–Crippen LogP) is 2.30. The highest BCUT2D eigenvalue weighted by Gasteiger charge is 2.26. The highest BCUT2D eigenvalue weighted by Crippen LogP contribution is 2.32. The van der Waals surface area contributed by atoms with Gasteiger partial charge in [0.05, 0.1) is 24.1 Å². The summed E-state index contributed by atoms with van der Waals surface area (Å²) in [5.41, 5.74) is 2.08. The first-order chi connectivity index (χ1) is 11.1. The van der Waals surface area contributed by atoms with Crippen LogP contribution in [-0.4, -0.2) is 52.0 Å². The van der Waals surface area contributed by atoms with Crippen molar-refractivity contribution >= 4 is 17.3 Å². The summed E-state index contributed by atoms with van der Waals surface area (Å²) in [6, 6.07) is 8.08. The second-order valence-electron chi connectivity index (χ2n) is 6.63. The molecule has 2 heterocycles. The van der Waals surface area contributed by atoms with E-state index in [1.54, 1.807) is 0 Å². The number of nitrogens with zero attached hydrogens (tertiary/aromatic N) is 2. The molecule has 2 atom stereocenters. The van der Waals surface area contributed by atoms with Crippen LogP contribution in [0.15, 0.2) is 24.3 Å². The monoisotopic (exact) mass is 318 g/mol. The molecule has 0 saturated carbocycles. The van der Waals surface area contributed by atoms with Crippen molar-refractivity contribution in [2.45, 2.75) is 25.9 Å². The minimum Gasteiger partial charge on any atom is -0.376 e. The molecule has 0 radical (unpaired) electrons. The van der Waals surface area contributed by atoms with Crippen molar-refractivity contribution in [3.8, 4) is 0 Å². The van der Waals surface area contributed by atoms with Gasteiger partial charge in [0.1, 0.15) is 6.61 Å². The third kappa shape index (κ3) is 3.85. The average Bonchev–Trinajstić information content (AvgIpc) is 3.01. The Bertz CT molecular complexity index is 543. The Balaban J connectivity index is 1.66. The fraction of sp³-hybridized carbons (Fsp3) is 0.611. The molecule has 5 nitrogen and oxygen atoms in total. The average molecular weight is 318 g/mol. The Hall–Kier alpha value is -1.59. The van der Waals surface area contributed by atoms with Gasteiger partial charge in [-0.3, -0.25) is 4.79 Å². The highest BCUT2D eigenvalue weighted by atomic mass is 16.5. The molecule has 5 heteroatoms. The minimum atomic E-state index is 0.0256. The zero-order valence-corrected chi connectivity index (χ0v) is 14.0. The molecule has 1 amide bonds. The third-order valence-electron chi connectivity index (χ3n) is 4.52. The molecule has 126 valence electrons. The van der Waals surface area contributed by atoms with Gasteiger partial charge in [0.25, 0.3) is 5.91 Å². The van der Waals surface area contributed by atoms with Crippen LogP contribution in [0.3, 0.4) is 0 Å². The number of hydrogen-bond acceptors (Lipinski definition) is 4. The first-order valence-electron chi connectivity index (χ1n) is 8.45. The van der Waals surface area contributed by atoms with Gasteiger partial charge < -0.3 is 19.3 Å². The van der Waals surface area contributed by atoms with Crippen LogP contribution in [0.25, 0.3) is 0 Å². The largest absolute Gasteiger partial charge is 0.376 e. The number of carbonyl (C=O) groups is 1. The Morgan fingerprint density at radius 2 is 2.09 bits per heavy atom. The number of para-hydroxylation sites is 2. The number of amides is 1. The number of rotatable bonds is 4. The van der Waals surface area contributed by atoms with Crippen LogP contribution >= 0.6 is 0 Å². The van der Waals surface area contributed by atoms with E-state index < -0.39 is 0 Å². The molecule has 0 aromatic heterocycles. The summed E-state index contributed by atoms with van der Waals surface area (Å²) in [6.45, 7) is 5.28. The Kier molecular flexibility index (Phi) is 5.18. The fourth-order valence-electron chi connectivity index (χ4n) is 3.42. The molecule has 0 aliphatic carbocycles. The maximum absolute atomic E-state index is 12.7. The molecule has 23 heavy (non-hydrogen) atoms. The summed E-state index contributed by atoms with van der Waals surface area (Å²) < 4.78 is 11.2. The zero-order valence-electron chi connectivity index (χ0n) is 14.0. The number of hydrogen-bond donors (Lipinski definition) is 0. The molecule has 0 unspecified atom stereocenters. The second kappa shape index (κ2) is 7.32. The molecule has 1 fully saturated rings. The summed E-state index contributed by atoms with van der Waals surface area (Å²) in [6.07, 6.45) is 2.28. The van der Waals surface area contributed by atoms with Crippen molar-refractivity contribution in [1.29, 1.82) is 0 Å². The standard InChI is InChI=1S/C18H26N2O3/c1-14-10-19(2)16-7-3-4-8-17(16)20(11-14)18(21)13-22-12-15-6-5-9-23-15/h3-4,7-8,14-15H,5-6,9-13H2,1-2H3/t14-,15-/m1/s1. The first kappa shape index (κ1) is 16.3. The van der Waals surface area contributed by atoms with Gasteiger partial charge in [0.2, 0.25) is 0 Å². The SMILES string of the molecule is C[C@@H]1CN(C)c2ccccc2N(C(=O)COC[C@H]2CCCO2)C1. The summed E-state index contributed by atoms with van der Waals surface area (Å²) in [7, 11) is 2.08. The molecular formula is C18H26N2O3. The molecule has 2 aliphatic heterocycles. The second-order valence-corrected chi connectivity index (χ2v) is 6.63. The molecule has 2 aliphatic rings. The Labute approximate surface area is 138 Å². The van der Waals surface area contributed by atoms with E-state index >= 15 is 0 Å². The van der Waals surface area contributed by atoms with E-state index in [-0.39, 0.29) is 18.6 Å². The van der Waals surface area contributed by atoms with E-state index in [1.807, 2.05) is 23.1 Å². The van der Waals surface area contributed by atoms with Gasteiger partial charge >= 0.3 is 0 Å². The van der Waals surface area contributed by atoms with Crippen LogP contribution < -0.4 is 9.80 Å². The topological polar surface area (TPSA) is 42.0 Å². The molecule has 0 spiro atoms. The summed E-state index contributed by atoms with van der Waals surface area (Å²) in [5.74, 6) is 0.437. The first-order valence-corrected chi connectivity index (χ1v) is 8.45. The highest BCUT2D eigenvalue weighted by molar-refractivity contribution is 5.98. The van der Waals surface area contributed by atoms with Crippen molar-refractivity contribution in [3.05, 3.63) is 24.3 Å². The van der Waals surface area contributed by atoms with Crippen LogP contribution in [0.5, 0.6) is 0 Å². The van der Waals surface area contributed by atoms with Crippen LogP contribution in [0.2, 0.25) is 0 Å². The van der Waals surface area contributed by atoms with Gasteiger partial charge in [-0.2, -0.15) is 0 Å². The lowest BCUT2D eigenvalue weighted by Crippen LogP contribution is -2.37. The zero-order chi connectivity index (χ0) is 16.2. The van der Waals surface area contributed by atoms with Crippen LogP contribution in [0, 0.1) is 5.92 Å². The molecule has 1 saturated heterocycles. The van der Waals surface area contributed by atoms with Crippen molar-refractivity contribution < 1.29 is 14.3 Å². The van der Waals surface area contributed by atoms with Gasteiger partial charge in [-0.1, -0.05) is 19.1 Å². The van der Waals surface area contributed by atoms with Gasteiger partial charge in [0, 0.05) is 26.7 Å². The fourth-order valence-corrected chi connectivity index (χ4v) is 3.42. The minimum absolute atomic E-state index is 0.0256. The quantitative estimate of drug-likeness (QED) is 0.854. The van der Waals surface area contributed by atoms with Gasteiger partial charge in [-0.25, -0.2) is 0 Å². The lowest BCUT2D eigenvalue weighted by Gasteiger charge is -2.24. The molecule has 3 rings (SSSR count). The normalized spacial score (nSPS) is 24.4. The van der Waals surface area contributed by atoms with Crippen molar-refractivity contribution in [1.82, 2.24) is 0 Å². The van der Waals surface area contributed by atoms with Crippen molar-refractivity contribution in [2.75, 3.05) is 49.8 Å². The van der Waals surface area contributed by atoms with E-state index in [0.29, 0.717) is 12.5 Å². The van der Waals surface area contributed by atoms with Crippen LogP contribution in [0.1, 0.15) is 19.8 Å². The van der Waals surface area contributed by atoms with Crippen molar-refractivity contribution in [2.24, 2.45) is 5.92 Å². The van der Waals surface area contributed by atoms with E-state index in [1.165, 1.54) is 0 Å². The van der Waals surface area contributed by atoms with Crippen LogP contribution in [-0.2, 0) is 14.3 Å². The van der Waals surface area contributed by atoms with E-state index in [0.717, 1.165) is 43.9 Å². The maximum atomic E-state index is 12.7. The smallest absolute Gasteiger partial charge is 0.253 e.